The second-order valence-electron chi connectivity index (χ2n) is 10.3. The molecule has 6 aromatic carbocycles. The van der Waals surface area contributed by atoms with E-state index in [-0.39, 0.29) is 5.91 Å². The third-order valence-corrected chi connectivity index (χ3v) is 7.67. The van der Waals surface area contributed by atoms with Crippen molar-refractivity contribution in [3.8, 4) is 44.5 Å². The van der Waals surface area contributed by atoms with Crippen LogP contribution in [0.15, 0.2) is 127 Å². The van der Waals surface area contributed by atoms with Crippen LogP contribution in [0.2, 0.25) is 0 Å². The zero-order valence-electron chi connectivity index (χ0n) is 23.0. The van der Waals surface area contributed by atoms with Crippen LogP contribution in [0.1, 0.15) is 18.1 Å². The number of benzene rings is 6. The summed E-state index contributed by atoms with van der Waals surface area (Å²) in [6.45, 7) is 5.82. The molecule has 0 heterocycles. The predicted octanol–water partition coefficient (Wildman–Crippen LogP) is 10.1. The zero-order valence-corrected chi connectivity index (χ0v) is 23.0. The van der Waals surface area contributed by atoms with E-state index in [0.29, 0.717) is 0 Å². The molecule has 2 nitrogen and oxygen atoms in total. The van der Waals surface area contributed by atoms with Gasteiger partial charge in [-0.15, -0.1) is 0 Å². The van der Waals surface area contributed by atoms with Crippen LogP contribution in [-0.2, 0) is 4.79 Å². The average molecular weight is 518 g/mol. The minimum atomic E-state index is -0.0799. The Morgan fingerprint density at radius 1 is 0.525 bits per heavy atom. The van der Waals surface area contributed by atoms with Gasteiger partial charge in [0.05, 0.1) is 5.69 Å². The first-order valence-corrected chi connectivity index (χ1v) is 13.7. The van der Waals surface area contributed by atoms with E-state index in [1.165, 1.54) is 5.56 Å². The maximum absolute atomic E-state index is 12.7. The van der Waals surface area contributed by atoms with Gasteiger partial charge in [0, 0.05) is 17.9 Å². The van der Waals surface area contributed by atoms with Gasteiger partial charge in [-0.1, -0.05) is 127 Å². The highest BCUT2D eigenvalue weighted by atomic mass is 16.1. The Balaban J connectivity index is 1.97. The fraction of sp³-hybridized carbons (Fsp3) is 0.0789. The van der Waals surface area contributed by atoms with E-state index in [0.717, 1.165) is 66.5 Å². The number of hydrogen-bond donors (Lipinski definition) is 1. The fourth-order valence-electron chi connectivity index (χ4n) is 5.80. The minimum Gasteiger partial charge on any atom is -0.325 e. The number of hydrogen-bond acceptors (Lipinski definition) is 1. The number of nitrogens with one attached hydrogen (secondary N) is 1. The van der Waals surface area contributed by atoms with Gasteiger partial charge in [-0.25, -0.2) is 0 Å². The van der Waals surface area contributed by atoms with Gasteiger partial charge in [-0.3, -0.25) is 4.79 Å². The summed E-state index contributed by atoms with van der Waals surface area (Å²) in [5.74, 6) is -0.0799. The van der Waals surface area contributed by atoms with Gasteiger partial charge in [0.1, 0.15) is 0 Å². The van der Waals surface area contributed by atoms with E-state index in [1.54, 1.807) is 6.92 Å². The van der Waals surface area contributed by atoms with Crippen molar-refractivity contribution in [2.75, 3.05) is 5.32 Å². The van der Waals surface area contributed by atoms with Crippen molar-refractivity contribution in [3.63, 3.8) is 0 Å². The van der Waals surface area contributed by atoms with Gasteiger partial charge in [-0.2, -0.15) is 0 Å². The summed E-state index contributed by atoms with van der Waals surface area (Å²) in [5, 5.41) is 5.42. The van der Waals surface area contributed by atoms with Crippen LogP contribution in [0, 0.1) is 13.8 Å². The van der Waals surface area contributed by atoms with Crippen molar-refractivity contribution in [1.29, 1.82) is 0 Å². The molecule has 40 heavy (non-hydrogen) atoms. The lowest BCUT2D eigenvalue weighted by atomic mass is 9.77. The predicted molar refractivity (Wildman–Crippen MR) is 169 cm³/mol. The largest absolute Gasteiger partial charge is 0.325 e. The lowest BCUT2D eigenvalue weighted by Gasteiger charge is -2.27. The second-order valence-corrected chi connectivity index (χ2v) is 10.3. The Morgan fingerprint density at radius 3 is 1.32 bits per heavy atom. The summed E-state index contributed by atoms with van der Waals surface area (Å²) < 4.78 is 0. The highest BCUT2D eigenvalue weighted by molar-refractivity contribution is 6.23. The maximum atomic E-state index is 12.7. The number of amides is 1. The molecule has 0 bridgehead atoms. The minimum absolute atomic E-state index is 0.0799. The van der Waals surface area contributed by atoms with Crippen molar-refractivity contribution >= 4 is 22.4 Å². The molecule has 0 unspecified atom stereocenters. The van der Waals surface area contributed by atoms with Crippen molar-refractivity contribution in [3.05, 3.63) is 139 Å². The maximum Gasteiger partial charge on any atom is 0.221 e. The molecule has 0 fully saturated rings. The topological polar surface area (TPSA) is 29.1 Å². The van der Waals surface area contributed by atoms with Crippen LogP contribution in [0.3, 0.4) is 0 Å². The van der Waals surface area contributed by atoms with Crippen molar-refractivity contribution in [1.82, 2.24) is 0 Å². The summed E-state index contributed by atoms with van der Waals surface area (Å²) in [6, 6.07) is 44.8. The molecule has 0 aromatic heterocycles. The Labute approximate surface area is 236 Å². The molecule has 0 aliphatic carbocycles. The van der Waals surface area contributed by atoms with E-state index in [9.17, 15) is 4.79 Å². The first-order valence-electron chi connectivity index (χ1n) is 13.7. The molecule has 0 spiro atoms. The quantitative estimate of drug-likeness (QED) is 0.242. The van der Waals surface area contributed by atoms with E-state index < -0.39 is 0 Å². The smallest absolute Gasteiger partial charge is 0.221 e. The zero-order chi connectivity index (χ0) is 27.6. The highest BCUT2D eigenvalue weighted by Crippen LogP contribution is 2.53. The summed E-state index contributed by atoms with van der Waals surface area (Å²) >= 11 is 0. The molecule has 1 N–H and O–H groups in total. The van der Waals surface area contributed by atoms with Crippen LogP contribution in [-0.4, -0.2) is 5.91 Å². The van der Waals surface area contributed by atoms with Crippen LogP contribution in [0.5, 0.6) is 0 Å². The Bertz CT molecular complexity index is 1820. The van der Waals surface area contributed by atoms with Crippen LogP contribution in [0.4, 0.5) is 5.69 Å². The van der Waals surface area contributed by atoms with Crippen LogP contribution >= 0.6 is 0 Å². The molecule has 0 saturated heterocycles. The molecular formula is C38H31NO. The van der Waals surface area contributed by atoms with Crippen molar-refractivity contribution in [2.45, 2.75) is 20.8 Å². The molecule has 194 valence electrons. The van der Waals surface area contributed by atoms with E-state index >= 15 is 0 Å². The van der Waals surface area contributed by atoms with Gasteiger partial charge < -0.3 is 5.32 Å². The Morgan fingerprint density at radius 2 is 0.900 bits per heavy atom. The molecule has 2 heteroatoms. The van der Waals surface area contributed by atoms with E-state index in [1.807, 2.05) is 0 Å². The van der Waals surface area contributed by atoms with Gasteiger partial charge in [0.2, 0.25) is 5.91 Å². The number of aryl methyl sites for hydroxylation is 1. The molecule has 6 rings (SSSR count). The Hall–Kier alpha value is -4.95. The molecule has 0 saturated carbocycles. The second kappa shape index (κ2) is 10.7. The lowest BCUT2D eigenvalue weighted by molar-refractivity contribution is -0.114. The molecule has 0 aliphatic rings. The number of fused-ring (bicyclic) bond motifs is 1. The number of anilines is 1. The number of rotatable bonds is 5. The molecule has 0 atom stereocenters. The van der Waals surface area contributed by atoms with Gasteiger partial charge in [-0.05, 0) is 69.3 Å². The Kier molecular flexibility index (Phi) is 6.76. The summed E-state index contributed by atoms with van der Waals surface area (Å²) in [5.41, 5.74) is 12.2. The molecule has 6 aromatic rings. The number of carbonyl (C=O) groups is 1. The van der Waals surface area contributed by atoms with Crippen LogP contribution in [0.25, 0.3) is 55.3 Å². The molecular weight excluding hydrogens is 486 g/mol. The summed E-state index contributed by atoms with van der Waals surface area (Å²) in [7, 11) is 0. The summed E-state index contributed by atoms with van der Waals surface area (Å²) in [6.07, 6.45) is 0. The van der Waals surface area contributed by atoms with E-state index in [2.05, 4.69) is 147 Å². The average Bonchev–Trinajstić information content (AvgIpc) is 3.00. The first-order chi connectivity index (χ1) is 19.5. The molecule has 0 aliphatic heterocycles. The first kappa shape index (κ1) is 25.3. The summed E-state index contributed by atoms with van der Waals surface area (Å²) in [4.78, 5) is 12.7. The fourth-order valence-corrected chi connectivity index (χ4v) is 5.80. The number of carbonyl (C=O) groups excluding carboxylic acids is 1. The third-order valence-electron chi connectivity index (χ3n) is 7.67. The van der Waals surface area contributed by atoms with Gasteiger partial charge in [0.25, 0.3) is 0 Å². The molecule has 1 amide bonds. The highest BCUT2D eigenvalue weighted by Gasteiger charge is 2.26. The third kappa shape index (κ3) is 4.48. The van der Waals surface area contributed by atoms with Gasteiger partial charge >= 0.3 is 0 Å². The van der Waals surface area contributed by atoms with Crippen LogP contribution < -0.4 is 5.32 Å². The lowest BCUT2D eigenvalue weighted by Crippen LogP contribution is -2.10. The molecule has 0 radical (unpaired) electrons. The van der Waals surface area contributed by atoms with E-state index in [4.69, 9.17) is 0 Å². The van der Waals surface area contributed by atoms with Gasteiger partial charge in [0.15, 0.2) is 0 Å². The van der Waals surface area contributed by atoms with Crippen molar-refractivity contribution < 1.29 is 4.79 Å². The SMILES string of the molecule is CC(=O)Nc1c(C)c(C)cc2c(-c3ccccc3)c(-c3ccccc3)c(-c3ccccc3)c(-c3ccccc3)c12. The normalized spacial score (nSPS) is 11.0. The standard InChI is InChI=1S/C38H31NO/c1-25-24-32-33(28-16-8-4-9-17-28)34(29-18-10-5-11-19-29)35(30-20-12-6-13-21-30)36(31-22-14-7-15-23-31)37(32)38(26(25)2)39-27(3)40/h4-24H,1-3H3,(H,39,40). The monoisotopic (exact) mass is 517 g/mol. The van der Waals surface area contributed by atoms with Crippen molar-refractivity contribution in [2.24, 2.45) is 0 Å².